The van der Waals surface area contributed by atoms with E-state index in [9.17, 15) is 13.2 Å². The number of nitrogens with zero attached hydrogens (tertiary/aromatic N) is 6. The van der Waals surface area contributed by atoms with Gasteiger partial charge in [-0.15, -0.1) is 0 Å². The number of aryl methyl sites for hydroxylation is 2. The average molecular weight is 597 g/mol. The Morgan fingerprint density at radius 3 is 2.31 bits per heavy atom. The van der Waals surface area contributed by atoms with Crippen molar-refractivity contribution >= 4 is 21.6 Å². The van der Waals surface area contributed by atoms with Gasteiger partial charge in [0, 0.05) is 62.3 Å². The fourth-order valence-electron chi connectivity index (χ4n) is 7.12. The molecule has 42 heavy (non-hydrogen) atoms. The van der Waals surface area contributed by atoms with Crippen LogP contribution in [0, 0.1) is 19.8 Å². The van der Waals surface area contributed by atoms with Gasteiger partial charge < -0.3 is 14.7 Å². The first-order valence-corrected chi connectivity index (χ1v) is 17.6. The summed E-state index contributed by atoms with van der Waals surface area (Å²) in [7, 11) is -1.47. The van der Waals surface area contributed by atoms with Crippen LogP contribution in [0.1, 0.15) is 72.5 Å². The van der Waals surface area contributed by atoms with Crippen molar-refractivity contribution in [3.8, 4) is 0 Å². The zero-order valence-corrected chi connectivity index (χ0v) is 26.7. The first-order valence-electron chi connectivity index (χ1n) is 15.7. The van der Waals surface area contributed by atoms with Crippen LogP contribution in [0.15, 0.2) is 30.3 Å². The number of hydrogen-bond acceptors (Lipinski definition) is 7. The highest BCUT2D eigenvalue weighted by atomic mass is 32.2. The highest BCUT2D eigenvalue weighted by Crippen LogP contribution is 2.28. The summed E-state index contributed by atoms with van der Waals surface area (Å²) < 4.78 is 25.4. The number of rotatable bonds is 8. The minimum atomic E-state index is -3.16. The number of likely N-dealkylation sites (tertiary alicyclic amines) is 2. The van der Waals surface area contributed by atoms with Crippen LogP contribution in [0.25, 0.3) is 0 Å². The van der Waals surface area contributed by atoms with Crippen molar-refractivity contribution in [2.24, 2.45) is 5.92 Å². The molecule has 2 aromatic rings. The Morgan fingerprint density at radius 2 is 1.64 bits per heavy atom. The van der Waals surface area contributed by atoms with E-state index < -0.39 is 10.0 Å². The molecule has 3 aliphatic rings. The van der Waals surface area contributed by atoms with E-state index >= 15 is 0 Å². The number of anilines is 1. The highest BCUT2D eigenvalue weighted by molar-refractivity contribution is 7.88. The van der Waals surface area contributed by atoms with Crippen molar-refractivity contribution in [1.82, 2.24) is 24.1 Å². The van der Waals surface area contributed by atoms with Gasteiger partial charge in [0.05, 0.1) is 6.26 Å². The van der Waals surface area contributed by atoms with E-state index in [-0.39, 0.29) is 11.9 Å². The fourth-order valence-corrected chi connectivity index (χ4v) is 7.87. The van der Waals surface area contributed by atoms with Crippen LogP contribution in [0.5, 0.6) is 0 Å². The molecular weight excluding hydrogens is 548 g/mol. The Kier molecular flexibility index (Phi) is 9.84. The third-order valence-electron chi connectivity index (χ3n) is 9.80. The van der Waals surface area contributed by atoms with E-state index in [4.69, 9.17) is 4.98 Å². The maximum atomic E-state index is 13.7. The molecule has 0 saturated carbocycles. The maximum absolute atomic E-state index is 13.7. The first-order chi connectivity index (χ1) is 20.1. The Hall–Kier alpha value is -2.56. The van der Waals surface area contributed by atoms with Gasteiger partial charge in [-0.3, -0.25) is 4.79 Å². The molecule has 230 valence electrons. The van der Waals surface area contributed by atoms with Crippen molar-refractivity contribution in [2.75, 3.05) is 57.5 Å². The monoisotopic (exact) mass is 596 g/mol. The third kappa shape index (κ3) is 7.32. The second kappa shape index (κ2) is 13.4. The summed E-state index contributed by atoms with van der Waals surface area (Å²) in [5.41, 5.74) is 3.81. The number of aromatic nitrogens is 2. The topological polar surface area (TPSA) is 90.0 Å². The van der Waals surface area contributed by atoms with Gasteiger partial charge in [-0.05, 0) is 96.4 Å². The number of amides is 1. The van der Waals surface area contributed by atoms with Crippen molar-refractivity contribution < 1.29 is 13.2 Å². The number of piperidine rings is 3. The summed E-state index contributed by atoms with van der Waals surface area (Å²) in [6.07, 6.45) is 9.25. The van der Waals surface area contributed by atoms with Crippen LogP contribution < -0.4 is 4.90 Å². The van der Waals surface area contributed by atoms with Crippen molar-refractivity contribution in [1.29, 1.82) is 0 Å². The second-order valence-corrected chi connectivity index (χ2v) is 14.6. The largest absolute Gasteiger partial charge is 0.371 e. The van der Waals surface area contributed by atoms with Gasteiger partial charge in [-0.25, -0.2) is 22.7 Å². The van der Waals surface area contributed by atoms with Gasteiger partial charge in [0.25, 0.3) is 5.91 Å². The van der Waals surface area contributed by atoms with Gasteiger partial charge in [0.1, 0.15) is 11.5 Å². The molecule has 1 atom stereocenters. The Morgan fingerprint density at radius 1 is 0.952 bits per heavy atom. The van der Waals surface area contributed by atoms with Crippen LogP contribution in [-0.2, 0) is 16.4 Å². The lowest BCUT2D eigenvalue weighted by molar-refractivity contribution is 0.0542. The van der Waals surface area contributed by atoms with Crippen LogP contribution in [0.3, 0.4) is 0 Å². The summed E-state index contributed by atoms with van der Waals surface area (Å²) in [5, 5.41) is 0. The molecule has 0 radical (unpaired) electrons. The molecule has 0 aliphatic carbocycles. The first kappa shape index (κ1) is 30.9. The zero-order chi connectivity index (χ0) is 29.9. The average Bonchev–Trinajstić information content (AvgIpc) is 3.01. The maximum Gasteiger partial charge on any atom is 0.272 e. The molecule has 3 fully saturated rings. The minimum Gasteiger partial charge on any atom is -0.371 e. The second-order valence-electron chi connectivity index (χ2n) is 12.6. The number of para-hydroxylation sites is 1. The lowest BCUT2D eigenvalue weighted by Gasteiger charge is -2.43. The van der Waals surface area contributed by atoms with Crippen LogP contribution in [-0.4, -0.2) is 103 Å². The van der Waals surface area contributed by atoms with Crippen LogP contribution >= 0.6 is 0 Å². The molecule has 10 heteroatoms. The summed E-state index contributed by atoms with van der Waals surface area (Å²) >= 11 is 0. The normalized spacial score (nSPS) is 21.7. The van der Waals surface area contributed by atoms with Crippen molar-refractivity contribution in [3.63, 3.8) is 0 Å². The van der Waals surface area contributed by atoms with E-state index in [1.165, 1.54) is 29.1 Å². The Labute approximate surface area is 252 Å². The van der Waals surface area contributed by atoms with E-state index in [2.05, 4.69) is 45.1 Å². The van der Waals surface area contributed by atoms with E-state index in [1.54, 1.807) is 7.05 Å². The zero-order valence-electron chi connectivity index (χ0n) is 25.8. The standard InChI is InChI=1S/C32H48N6O3S/c1-24-30(13-12-26-9-8-18-38(23-26)28-10-6-5-7-11-28)33-25(2)34-31(24)32(39)37-21-16-29(17-22-37)36-19-14-27(15-20-36)35(3)42(4,40)41/h5-7,10-11,26-27,29H,8-9,12-23H2,1-4H3. The molecule has 4 heterocycles. The molecule has 3 aliphatic heterocycles. The number of benzene rings is 1. The number of carbonyl (C=O) groups is 1. The number of sulfonamides is 1. The smallest absolute Gasteiger partial charge is 0.272 e. The molecule has 9 nitrogen and oxygen atoms in total. The SMILES string of the molecule is Cc1nc(CCC2CCCN(c3ccccc3)C2)c(C)c(C(=O)N2CCC(N3CCC(N(C)S(C)(=O)=O)CC3)CC2)n1. The molecule has 5 rings (SSSR count). The molecule has 1 aromatic carbocycles. The molecular formula is C32H48N6O3S. The molecule has 0 bridgehead atoms. The summed E-state index contributed by atoms with van der Waals surface area (Å²) in [4.78, 5) is 30.1. The molecule has 1 amide bonds. The predicted octanol–water partition coefficient (Wildman–Crippen LogP) is 3.90. The molecule has 3 saturated heterocycles. The quantitative estimate of drug-likeness (QED) is 0.457. The van der Waals surface area contributed by atoms with Gasteiger partial charge in [0.2, 0.25) is 10.0 Å². The van der Waals surface area contributed by atoms with E-state index in [0.29, 0.717) is 23.5 Å². The van der Waals surface area contributed by atoms with E-state index in [0.717, 1.165) is 89.1 Å². The Bertz CT molecular complexity index is 1320. The number of carbonyl (C=O) groups excluding carboxylic acids is 1. The molecule has 0 spiro atoms. The van der Waals surface area contributed by atoms with Gasteiger partial charge in [-0.1, -0.05) is 18.2 Å². The van der Waals surface area contributed by atoms with Crippen LogP contribution in [0.2, 0.25) is 0 Å². The Balaban J connectivity index is 1.14. The van der Waals surface area contributed by atoms with Gasteiger partial charge >= 0.3 is 0 Å². The molecule has 0 N–H and O–H groups in total. The lowest BCUT2D eigenvalue weighted by Crippen LogP contribution is -2.52. The van der Waals surface area contributed by atoms with Gasteiger partial charge in [0.15, 0.2) is 0 Å². The predicted molar refractivity (Wildman–Crippen MR) is 167 cm³/mol. The lowest BCUT2D eigenvalue weighted by atomic mass is 9.91. The van der Waals surface area contributed by atoms with Gasteiger partial charge in [-0.2, -0.15) is 0 Å². The van der Waals surface area contributed by atoms with Crippen LogP contribution in [0.4, 0.5) is 5.69 Å². The molecule has 1 aromatic heterocycles. The number of hydrogen-bond donors (Lipinski definition) is 0. The summed E-state index contributed by atoms with van der Waals surface area (Å²) in [6.45, 7) is 9.35. The summed E-state index contributed by atoms with van der Waals surface area (Å²) in [6, 6.07) is 11.2. The van der Waals surface area contributed by atoms with Crippen molar-refractivity contribution in [3.05, 3.63) is 53.1 Å². The van der Waals surface area contributed by atoms with Crippen molar-refractivity contribution in [2.45, 2.75) is 77.3 Å². The minimum absolute atomic E-state index is 0.0269. The fraction of sp³-hybridized carbons (Fsp3) is 0.656. The third-order valence-corrected chi connectivity index (χ3v) is 11.1. The van der Waals surface area contributed by atoms with E-state index in [1.807, 2.05) is 18.7 Å². The highest BCUT2D eigenvalue weighted by Gasteiger charge is 2.33. The molecule has 1 unspecified atom stereocenters. The summed E-state index contributed by atoms with van der Waals surface area (Å²) in [5.74, 6) is 1.31.